The van der Waals surface area contributed by atoms with Gasteiger partial charge in [-0.1, -0.05) is 83.9 Å². The molecule has 0 spiro atoms. The zero-order valence-corrected chi connectivity index (χ0v) is 20.0. The Morgan fingerprint density at radius 1 is 0.559 bits per heavy atom. The first kappa shape index (κ1) is 24.8. The summed E-state index contributed by atoms with van der Waals surface area (Å²) in [5.74, 6) is 1.12. The van der Waals surface area contributed by atoms with Gasteiger partial charge in [0, 0.05) is 0 Å². The van der Waals surface area contributed by atoms with Crippen LogP contribution in [-0.4, -0.2) is 31.8 Å². The van der Waals surface area contributed by atoms with E-state index in [1.165, 1.54) is 0 Å². The van der Waals surface area contributed by atoms with Gasteiger partial charge in [-0.05, 0) is 49.2 Å². The number of benzene rings is 2. The number of rotatable bonds is 6. The Morgan fingerprint density at radius 2 is 0.941 bits per heavy atom. The van der Waals surface area contributed by atoms with E-state index in [4.69, 9.17) is 23.2 Å². The first-order valence-electron chi connectivity index (χ1n) is 10.2. The first-order valence-corrected chi connectivity index (χ1v) is 11.0. The van der Waals surface area contributed by atoms with E-state index in [9.17, 15) is 0 Å². The minimum Gasteiger partial charge on any atom is -0.260 e. The molecule has 2 N–H and O–H groups in total. The van der Waals surface area contributed by atoms with Crippen LogP contribution in [0.15, 0.2) is 95.1 Å². The minimum atomic E-state index is 0.360. The number of anilines is 2. The van der Waals surface area contributed by atoms with Gasteiger partial charge in [0.15, 0.2) is 21.9 Å². The molecule has 10 heteroatoms. The Labute approximate surface area is 207 Å². The maximum Gasteiger partial charge on any atom is 0.168 e. The van der Waals surface area contributed by atoms with Crippen molar-refractivity contribution >= 4 is 46.3 Å². The SMILES string of the molecule is C/C(=N\Nc1ccc(Cl)nn1)c1ccccc1.C/C(=N\Nc1ccc(Cl)nn1)c1ccccc1. The predicted molar refractivity (Wildman–Crippen MR) is 139 cm³/mol. The molecule has 0 unspecified atom stereocenters. The second-order valence-electron chi connectivity index (χ2n) is 6.83. The summed E-state index contributed by atoms with van der Waals surface area (Å²) < 4.78 is 0. The molecule has 0 radical (unpaired) electrons. The van der Waals surface area contributed by atoms with Crippen LogP contribution in [-0.2, 0) is 0 Å². The molecule has 0 bridgehead atoms. The third-order valence-electron chi connectivity index (χ3n) is 4.32. The fourth-order valence-corrected chi connectivity index (χ4v) is 2.72. The van der Waals surface area contributed by atoms with Crippen LogP contribution < -0.4 is 10.9 Å². The van der Waals surface area contributed by atoms with E-state index in [1.54, 1.807) is 24.3 Å². The van der Waals surface area contributed by atoms with E-state index in [0.29, 0.717) is 21.9 Å². The molecule has 0 aliphatic carbocycles. The summed E-state index contributed by atoms with van der Waals surface area (Å²) >= 11 is 11.3. The Hall–Kier alpha value is -3.88. The van der Waals surface area contributed by atoms with Gasteiger partial charge < -0.3 is 0 Å². The van der Waals surface area contributed by atoms with E-state index in [0.717, 1.165) is 22.6 Å². The van der Waals surface area contributed by atoms with E-state index >= 15 is 0 Å². The van der Waals surface area contributed by atoms with Crippen LogP contribution in [0.3, 0.4) is 0 Å². The third-order valence-corrected chi connectivity index (χ3v) is 4.73. The summed E-state index contributed by atoms with van der Waals surface area (Å²) in [5.41, 5.74) is 9.52. The monoisotopic (exact) mass is 492 g/mol. The van der Waals surface area contributed by atoms with Crippen LogP contribution in [0.1, 0.15) is 25.0 Å². The molecule has 4 aromatic rings. The van der Waals surface area contributed by atoms with E-state index in [2.05, 4.69) is 41.4 Å². The number of hydrogen-bond acceptors (Lipinski definition) is 8. The van der Waals surface area contributed by atoms with Gasteiger partial charge in [0.25, 0.3) is 0 Å². The summed E-state index contributed by atoms with van der Waals surface area (Å²) in [5, 5.41) is 24.3. The van der Waals surface area contributed by atoms with Gasteiger partial charge in [-0.15, -0.1) is 20.4 Å². The van der Waals surface area contributed by atoms with Gasteiger partial charge in [-0.3, -0.25) is 10.9 Å². The molecule has 0 amide bonds. The summed E-state index contributed by atoms with van der Waals surface area (Å²) in [6.45, 7) is 3.84. The predicted octanol–water partition coefficient (Wildman–Crippen LogP) is 5.93. The Bertz CT molecular complexity index is 1110. The van der Waals surface area contributed by atoms with E-state index < -0.39 is 0 Å². The summed E-state index contributed by atoms with van der Waals surface area (Å²) in [6.07, 6.45) is 0. The number of nitrogens with one attached hydrogen (secondary N) is 2. The average molecular weight is 493 g/mol. The highest BCUT2D eigenvalue weighted by Crippen LogP contribution is 2.08. The lowest BCUT2D eigenvalue weighted by Crippen LogP contribution is -2.01. The molecule has 0 fully saturated rings. The lowest BCUT2D eigenvalue weighted by molar-refractivity contribution is 1.02. The number of nitrogens with zero attached hydrogens (tertiary/aromatic N) is 6. The lowest BCUT2D eigenvalue weighted by Gasteiger charge is -2.02. The molecule has 0 atom stereocenters. The quantitative estimate of drug-likeness (QED) is 0.255. The maximum absolute atomic E-state index is 5.63. The van der Waals surface area contributed by atoms with E-state index in [-0.39, 0.29) is 0 Å². The molecule has 172 valence electrons. The van der Waals surface area contributed by atoms with Crippen molar-refractivity contribution in [2.24, 2.45) is 10.2 Å². The zero-order chi connectivity index (χ0) is 24.2. The zero-order valence-electron chi connectivity index (χ0n) is 18.5. The molecular weight excluding hydrogens is 471 g/mol. The molecule has 2 aromatic carbocycles. The molecule has 34 heavy (non-hydrogen) atoms. The third kappa shape index (κ3) is 8.23. The van der Waals surface area contributed by atoms with Crippen molar-refractivity contribution in [3.63, 3.8) is 0 Å². The molecule has 4 rings (SSSR count). The minimum absolute atomic E-state index is 0.360. The lowest BCUT2D eigenvalue weighted by atomic mass is 10.1. The molecular formula is C24H22Cl2N8. The highest BCUT2D eigenvalue weighted by Gasteiger charge is 1.98. The topological polar surface area (TPSA) is 100 Å². The Morgan fingerprint density at radius 3 is 1.26 bits per heavy atom. The van der Waals surface area contributed by atoms with Crippen molar-refractivity contribution in [2.75, 3.05) is 10.9 Å². The Kier molecular flexibility index (Phi) is 9.45. The fourth-order valence-electron chi connectivity index (χ4n) is 2.52. The number of aromatic nitrogens is 4. The highest BCUT2D eigenvalue weighted by atomic mass is 35.5. The van der Waals surface area contributed by atoms with Crippen LogP contribution >= 0.6 is 23.2 Å². The standard InChI is InChI=1S/2C12H11ClN4/c2*1-9(10-5-3-2-4-6-10)14-16-12-8-7-11(13)15-17-12/h2*2-8H,1H3,(H,16,17)/b2*14-9+. The van der Waals surface area contributed by atoms with Crippen LogP contribution in [0.5, 0.6) is 0 Å². The number of halogens is 2. The van der Waals surface area contributed by atoms with Crippen molar-refractivity contribution in [3.05, 3.63) is 106 Å². The molecule has 2 heterocycles. The van der Waals surface area contributed by atoms with Crippen molar-refractivity contribution in [2.45, 2.75) is 13.8 Å². The van der Waals surface area contributed by atoms with Crippen molar-refractivity contribution in [3.8, 4) is 0 Å². The largest absolute Gasteiger partial charge is 0.260 e. The first-order chi connectivity index (χ1) is 16.5. The van der Waals surface area contributed by atoms with Gasteiger partial charge in [-0.2, -0.15) is 10.2 Å². The molecule has 0 saturated heterocycles. The van der Waals surface area contributed by atoms with Gasteiger partial charge >= 0.3 is 0 Å². The maximum atomic E-state index is 5.63. The number of hydrogen-bond donors (Lipinski definition) is 2. The second kappa shape index (κ2) is 13.0. The normalized spacial score (nSPS) is 11.3. The van der Waals surface area contributed by atoms with Gasteiger partial charge in [0.2, 0.25) is 0 Å². The van der Waals surface area contributed by atoms with Crippen LogP contribution in [0, 0.1) is 0 Å². The molecule has 2 aromatic heterocycles. The average Bonchev–Trinajstić information content (AvgIpc) is 2.89. The molecule has 8 nitrogen and oxygen atoms in total. The summed E-state index contributed by atoms with van der Waals surface area (Å²) in [6, 6.07) is 26.5. The summed E-state index contributed by atoms with van der Waals surface area (Å²) in [7, 11) is 0. The van der Waals surface area contributed by atoms with Gasteiger partial charge in [0.05, 0.1) is 11.4 Å². The molecule has 0 aliphatic heterocycles. The Balaban J connectivity index is 0.000000191. The van der Waals surface area contributed by atoms with Crippen molar-refractivity contribution < 1.29 is 0 Å². The molecule has 0 aliphatic rings. The fraction of sp³-hybridized carbons (Fsp3) is 0.0833. The second-order valence-corrected chi connectivity index (χ2v) is 7.61. The van der Waals surface area contributed by atoms with Gasteiger partial charge in [0.1, 0.15) is 0 Å². The smallest absolute Gasteiger partial charge is 0.168 e. The van der Waals surface area contributed by atoms with E-state index in [1.807, 2.05) is 74.5 Å². The molecule has 0 saturated carbocycles. The number of hydrazone groups is 2. The summed E-state index contributed by atoms with van der Waals surface area (Å²) in [4.78, 5) is 0. The van der Waals surface area contributed by atoms with Crippen LogP contribution in [0.25, 0.3) is 0 Å². The van der Waals surface area contributed by atoms with Crippen LogP contribution in [0.4, 0.5) is 11.6 Å². The van der Waals surface area contributed by atoms with Crippen LogP contribution in [0.2, 0.25) is 10.3 Å². The van der Waals surface area contributed by atoms with Gasteiger partial charge in [-0.25, -0.2) is 0 Å². The van der Waals surface area contributed by atoms with Crippen molar-refractivity contribution in [1.82, 2.24) is 20.4 Å². The highest BCUT2D eigenvalue weighted by molar-refractivity contribution is 6.29. The van der Waals surface area contributed by atoms with Crippen molar-refractivity contribution in [1.29, 1.82) is 0 Å².